The third-order valence-corrected chi connectivity index (χ3v) is 15.8. The molecule has 70 heavy (non-hydrogen) atoms. The molecule has 16 nitrogen and oxygen atoms in total. The fourth-order valence-electron chi connectivity index (χ4n) is 10.2. The second-order valence-electron chi connectivity index (χ2n) is 21.2. The number of nitrogens with zero attached hydrogens (tertiary/aromatic N) is 2. The minimum absolute atomic E-state index is 0.0298. The van der Waals surface area contributed by atoms with Gasteiger partial charge in [0.25, 0.3) is 5.91 Å². The number of phenols is 1. The molecule has 3 aliphatic rings. The first-order chi connectivity index (χ1) is 32.7. The van der Waals surface area contributed by atoms with E-state index < -0.39 is 64.3 Å². The maximum absolute atomic E-state index is 14.9. The van der Waals surface area contributed by atoms with Crippen LogP contribution in [0.2, 0.25) is 0 Å². The molecule has 1 amide bonds. The molecule has 9 atom stereocenters. The SMILES string of the molecule is CO[C@H]1/C=C/O[C@@]2(C)Oc3c(C)c(O)c4c(=O)c(c5oc6cc(OC7CC[N+](C)(C(C)(C)C)CC7)cc(=O)c6nc5c4c3=C2O)NC(=O)/C(C)=C\C=C\[C@H](C)[C@H](O)[C@@H](C)[C@@H](C)[C@@H](C)[C@H](OC(C)=O)[C@@H]1C. The molecule has 7 rings (SSSR count). The number of benzene rings is 3. The minimum Gasteiger partial charge on any atom is -0.507 e. The van der Waals surface area contributed by atoms with Crippen molar-refractivity contribution in [2.24, 2.45) is 29.6 Å². The summed E-state index contributed by atoms with van der Waals surface area (Å²) in [5, 5.41) is 38.0. The molecule has 4 aromatic rings. The van der Waals surface area contributed by atoms with Crippen molar-refractivity contribution in [1.82, 2.24) is 4.98 Å². The highest BCUT2D eigenvalue weighted by Crippen LogP contribution is 2.43. The predicted octanol–water partition coefficient (Wildman–Crippen LogP) is 7.62. The summed E-state index contributed by atoms with van der Waals surface area (Å²) in [6, 6.07) is 2.87. The number of hydrogen-bond acceptors (Lipinski definition) is 14. The lowest BCUT2D eigenvalue weighted by atomic mass is 9.73. The van der Waals surface area contributed by atoms with E-state index in [1.165, 1.54) is 46.3 Å². The largest absolute Gasteiger partial charge is 0.507 e. The fraction of sp³-hybridized carbons (Fsp3) is 0.537. The highest BCUT2D eigenvalue weighted by molar-refractivity contribution is 6.16. The van der Waals surface area contributed by atoms with Crippen molar-refractivity contribution >= 4 is 56.3 Å². The Morgan fingerprint density at radius 1 is 0.943 bits per heavy atom. The van der Waals surface area contributed by atoms with Gasteiger partial charge in [-0.3, -0.25) is 19.2 Å². The van der Waals surface area contributed by atoms with Crippen LogP contribution < -0.4 is 30.9 Å². The van der Waals surface area contributed by atoms with Crippen molar-refractivity contribution in [3.63, 3.8) is 0 Å². The molecule has 3 aromatic carbocycles. The smallest absolute Gasteiger partial charge is 0.307 e. The Hall–Kier alpha value is -5.97. The van der Waals surface area contributed by atoms with Gasteiger partial charge in [0, 0.05) is 74.3 Å². The molecule has 3 aliphatic heterocycles. The molecular formula is C54H70N3O13+. The number of aliphatic hydroxyl groups is 2. The van der Waals surface area contributed by atoms with Gasteiger partial charge in [-0.25, -0.2) is 4.98 Å². The van der Waals surface area contributed by atoms with Crippen molar-refractivity contribution in [1.29, 1.82) is 0 Å². The van der Waals surface area contributed by atoms with Crippen molar-refractivity contribution in [2.45, 2.75) is 132 Å². The van der Waals surface area contributed by atoms with Crippen molar-refractivity contribution in [3.05, 3.63) is 79.5 Å². The maximum Gasteiger partial charge on any atom is 0.307 e. The number of aromatic hydroxyl groups is 1. The number of piperidine rings is 1. The Bertz CT molecular complexity index is 3000. The van der Waals surface area contributed by atoms with Gasteiger partial charge in [0.1, 0.15) is 40.7 Å². The van der Waals surface area contributed by atoms with Crippen molar-refractivity contribution in [3.8, 4) is 17.2 Å². The summed E-state index contributed by atoms with van der Waals surface area (Å²) < 4.78 is 38.1. The molecular weight excluding hydrogens is 899 g/mol. The number of fused-ring (bicyclic) bond motifs is 2. The van der Waals surface area contributed by atoms with Gasteiger partial charge in [0.05, 0.1) is 54.8 Å². The molecule has 4 heterocycles. The number of rotatable bonds is 4. The van der Waals surface area contributed by atoms with E-state index in [4.69, 9.17) is 33.1 Å². The zero-order chi connectivity index (χ0) is 51.5. The van der Waals surface area contributed by atoms with E-state index in [1.807, 2.05) is 34.6 Å². The molecule has 0 aliphatic carbocycles. The summed E-state index contributed by atoms with van der Waals surface area (Å²) in [5.41, 5.74) is -2.06. The van der Waals surface area contributed by atoms with E-state index in [1.54, 1.807) is 31.2 Å². The van der Waals surface area contributed by atoms with Crippen LogP contribution in [0.1, 0.15) is 94.6 Å². The van der Waals surface area contributed by atoms with Crippen LogP contribution in [-0.4, -0.2) is 99.7 Å². The number of ether oxygens (including phenoxy) is 5. The zero-order valence-corrected chi connectivity index (χ0v) is 42.9. The number of hydrogen-bond donors (Lipinski definition) is 4. The normalized spacial score (nSPS) is 32.0. The number of nitrogens with one attached hydrogen (secondary N) is 1. The zero-order valence-electron chi connectivity index (χ0n) is 42.9. The second kappa shape index (κ2) is 19.3. The number of likely N-dealkylation sites (tertiary alicyclic amines) is 1. The van der Waals surface area contributed by atoms with Crippen LogP contribution in [0.5, 0.6) is 17.2 Å². The standard InChI is InChI=1S/C54H69N3O13/c1-26-16-15-17-27(2)52(64)56-44-47(62)40-39(43-50(44)69-38-25-35(24-36(59)42(38)55-43)68-34-18-21-57(13,22-19-34)53(9,10)11)41-49(32(7)46(40)61)70-54(12,51(41)63)66-23-20-37(65-14)31(6)48(67-33(8)58)30(5)28(3)29(4)45(26)60/h15-17,20,23-26,28-31,34,37,45,48,60H,18-19,21-22H2,1-14H3,(H2-,55,56,59,61,62,63,64)/p+1/b16-15+,23-20+,27-17-/t26-,28+,29-,30+,31+,34?,37-,45-,48-,54-,57?/m0/s1. The van der Waals surface area contributed by atoms with Gasteiger partial charge in [0.2, 0.25) is 10.9 Å². The molecule has 4 N–H and O–H groups in total. The number of carbonyl (C=O) groups is 2. The molecule has 1 saturated heterocycles. The van der Waals surface area contributed by atoms with Gasteiger partial charge in [-0.15, -0.1) is 0 Å². The first kappa shape index (κ1) is 51.9. The molecule has 16 heteroatoms. The van der Waals surface area contributed by atoms with Gasteiger partial charge in [-0.1, -0.05) is 52.8 Å². The molecule has 0 spiro atoms. The third-order valence-electron chi connectivity index (χ3n) is 15.8. The van der Waals surface area contributed by atoms with Crippen molar-refractivity contribution < 1.29 is 57.5 Å². The lowest BCUT2D eigenvalue weighted by Crippen LogP contribution is -2.61. The molecule has 0 unspecified atom stereocenters. The Balaban J connectivity index is 1.44. The summed E-state index contributed by atoms with van der Waals surface area (Å²) in [6.07, 6.45) is 7.01. The van der Waals surface area contributed by atoms with Crippen LogP contribution in [0.25, 0.3) is 38.7 Å². The number of carbonyl (C=O) groups excluding carboxylic acids is 2. The van der Waals surface area contributed by atoms with Gasteiger partial charge in [-0.05, 0) is 58.4 Å². The average molecular weight is 969 g/mol. The van der Waals surface area contributed by atoms with E-state index in [0.717, 1.165) is 30.4 Å². The summed E-state index contributed by atoms with van der Waals surface area (Å²) in [7, 11) is 3.74. The van der Waals surface area contributed by atoms with E-state index in [2.05, 4.69) is 33.1 Å². The number of aromatic nitrogens is 1. The summed E-state index contributed by atoms with van der Waals surface area (Å²) in [5.74, 6) is -5.45. The molecule has 1 fully saturated rings. The van der Waals surface area contributed by atoms with Crippen LogP contribution in [0.15, 0.2) is 62.3 Å². The number of anilines is 1. The van der Waals surface area contributed by atoms with Crippen LogP contribution in [0, 0.1) is 36.5 Å². The monoisotopic (exact) mass is 968 g/mol. The molecule has 1 aromatic heterocycles. The summed E-state index contributed by atoms with van der Waals surface area (Å²) >= 11 is 0. The quantitative estimate of drug-likeness (QED) is 0.0671. The first-order valence-electron chi connectivity index (χ1n) is 24.2. The van der Waals surface area contributed by atoms with E-state index in [0.29, 0.717) is 0 Å². The molecule has 4 bridgehead atoms. The Morgan fingerprint density at radius 3 is 2.24 bits per heavy atom. The lowest BCUT2D eigenvalue weighted by Gasteiger charge is -2.49. The van der Waals surface area contributed by atoms with Crippen molar-refractivity contribution in [2.75, 3.05) is 32.6 Å². The summed E-state index contributed by atoms with van der Waals surface area (Å²) in [4.78, 5) is 60.4. The highest BCUT2D eigenvalue weighted by Gasteiger charge is 2.45. The average Bonchev–Trinajstić information content (AvgIpc) is 3.57. The number of allylic oxidation sites excluding steroid dienone is 2. The second-order valence-corrected chi connectivity index (χ2v) is 21.2. The molecule has 378 valence electrons. The van der Waals surface area contributed by atoms with Gasteiger partial charge < -0.3 is 53.2 Å². The molecule has 0 saturated carbocycles. The Morgan fingerprint density at radius 2 is 1.61 bits per heavy atom. The predicted molar refractivity (Wildman–Crippen MR) is 268 cm³/mol. The fourth-order valence-corrected chi connectivity index (χ4v) is 10.2. The number of quaternary nitrogens is 1. The van der Waals surface area contributed by atoms with E-state index in [9.17, 15) is 34.5 Å². The Labute approximate surface area is 408 Å². The highest BCUT2D eigenvalue weighted by atomic mass is 16.7. The number of methoxy groups -OCH3 is 1. The Kier molecular flexibility index (Phi) is 14.3. The van der Waals surface area contributed by atoms with Crippen LogP contribution in [0.4, 0.5) is 5.69 Å². The van der Waals surface area contributed by atoms with Gasteiger partial charge in [-0.2, -0.15) is 0 Å². The first-order valence-corrected chi connectivity index (χ1v) is 24.2. The van der Waals surface area contributed by atoms with Gasteiger partial charge in [0.15, 0.2) is 22.4 Å². The van der Waals surface area contributed by atoms with Crippen LogP contribution >= 0.6 is 0 Å². The van der Waals surface area contributed by atoms with Crippen LogP contribution in [0.3, 0.4) is 0 Å². The van der Waals surface area contributed by atoms with E-state index >= 15 is 0 Å². The number of phenolic OH excluding ortho intramolecular Hbond substituents is 1. The van der Waals surface area contributed by atoms with E-state index in [-0.39, 0.29) is 102 Å². The summed E-state index contributed by atoms with van der Waals surface area (Å²) in [6.45, 7) is 23.9. The lowest BCUT2D eigenvalue weighted by molar-refractivity contribution is -0.958. The maximum atomic E-state index is 14.9. The van der Waals surface area contributed by atoms with Crippen LogP contribution in [-0.2, 0) is 23.8 Å². The molecule has 0 radical (unpaired) electrons. The minimum atomic E-state index is -1.96. The van der Waals surface area contributed by atoms with Gasteiger partial charge >= 0.3 is 11.8 Å². The third kappa shape index (κ3) is 9.37. The number of aliphatic hydroxyl groups excluding tert-OH is 2. The number of amides is 1. The topological polar surface area (TPSA) is 213 Å². The number of esters is 1.